The predicted octanol–water partition coefficient (Wildman–Crippen LogP) is 3.07. The molecular weight excluding hydrogens is 268 g/mol. The number of carboxylic acid groups (broad SMARTS) is 1. The maximum atomic E-state index is 11.4. The minimum Gasteiger partial charge on any atom is -0.480 e. The van der Waals surface area contributed by atoms with Crippen molar-refractivity contribution >= 4 is 5.97 Å². The Hall–Kier alpha value is -2.14. The Kier molecular flexibility index (Phi) is 4.75. The number of benzene rings is 1. The zero-order chi connectivity index (χ0) is 15.3. The van der Waals surface area contributed by atoms with Crippen molar-refractivity contribution in [3.63, 3.8) is 0 Å². The van der Waals surface area contributed by atoms with Gasteiger partial charge in [0.25, 0.3) is 0 Å². The van der Waals surface area contributed by atoms with Crippen molar-refractivity contribution in [1.82, 2.24) is 10.5 Å². The standard InChI is InChI=1S/C16H20N2O3/c1-3-9-16(2,15(19)20)17-11-13-10-14(21-18-13)12-7-5-4-6-8-12/h4-8,10,17H,3,9,11H2,1-2H3,(H,19,20). The van der Waals surface area contributed by atoms with Gasteiger partial charge < -0.3 is 9.63 Å². The summed E-state index contributed by atoms with van der Waals surface area (Å²) < 4.78 is 5.30. The summed E-state index contributed by atoms with van der Waals surface area (Å²) in [5, 5.41) is 16.4. The third kappa shape index (κ3) is 3.70. The molecule has 1 heterocycles. The Morgan fingerprint density at radius 2 is 2.10 bits per heavy atom. The van der Waals surface area contributed by atoms with Crippen LogP contribution in [0.25, 0.3) is 11.3 Å². The summed E-state index contributed by atoms with van der Waals surface area (Å²) in [6, 6.07) is 11.5. The summed E-state index contributed by atoms with van der Waals surface area (Å²) in [5.41, 5.74) is 0.698. The largest absolute Gasteiger partial charge is 0.480 e. The molecule has 0 amide bonds. The molecule has 2 N–H and O–H groups in total. The molecule has 0 saturated carbocycles. The Bertz CT molecular complexity index is 595. The number of nitrogens with one attached hydrogen (secondary N) is 1. The number of aliphatic carboxylic acids is 1. The molecule has 5 heteroatoms. The van der Waals surface area contributed by atoms with Crippen LogP contribution in [-0.4, -0.2) is 21.8 Å². The summed E-state index contributed by atoms with van der Waals surface area (Å²) in [6.07, 6.45) is 1.36. The maximum absolute atomic E-state index is 11.4. The topological polar surface area (TPSA) is 75.4 Å². The second-order valence-electron chi connectivity index (χ2n) is 5.29. The van der Waals surface area contributed by atoms with Gasteiger partial charge in [0.05, 0.1) is 5.69 Å². The molecule has 112 valence electrons. The first-order valence-electron chi connectivity index (χ1n) is 7.04. The number of nitrogens with zero attached hydrogens (tertiary/aromatic N) is 1. The Morgan fingerprint density at radius 3 is 2.71 bits per heavy atom. The molecule has 5 nitrogen and oxygen atoms in total. The first-order valence-corrected chi connectivity index (χ1v) is 7.04. The first kappa shape index (κ1) is 15.3. The summed E-state index contributed by atoms with van der Waals surface area (Å²) in [5.74, 6) is -0.170. The van der Waals surface area contributed by atoms with Gasteiger partial charge in [0, 0.05) is 18.2 Å². The highest BCUT2D eigenvalue weighted by atomic mass is 16.5. The van der Waals surface area contributed by atoms with Gasteiger partial charge >= 0.3 is 5.97 Å². The molecule has 0 aliphatic heterocycles. The Morgan fingerprint density at radius 1 is 1.38 bits per heavy atom. The van der Waals surface area contributed by atoms with E-state index in [0.29, 0.717) is 24.4 Å². The average molecular weight is 288 g/mol. The van der Waals surface area contributed by atoms with E-state index in [-0.39, 0.29) is 0 Å². The molecule has 2 aromatic rings. The van der Waals surface area contributed by atoms with Crippen LogP contribution in [0.5, 0.6) is 0 Å². The van der Waals surface area contributed by atoms with Crippen LogP contribution >= 0.6 is 0 Å². The second-order valence-corrected chi connectivity index (χ2v) is 5.29. The van der Waals surface area contributed by atoms with Gasteiger partial charge in [0.2, 0.25) is 0 Å². The number of rotatable bonds is 7. The molecule has 0 radical (unpaired) electrons. The third-order valence-electron chi connectivity index (χ3n) is 3.50. The molecular formula is C16H20N2O3. The fourth-order valence-electron chi connectivity index (χ4n) is 2.19. The zero-order valence-electron chi connectivity index (χ0n) is 12.3. The summed E-state index contributed by atoms with van der Waals surface area (Å²) in [7, 11) is 0. The van der Waals surface area contributed by atoms with Crippen LogP contribution in [0.2, 0.25) is 0 Å². The summed E-state index contributed by atoms with van der Waals surface area (Å²) >= 11 is 0. The van der Waals surface area contributed by atoms with Crippen LogP contribution in [0.15, 0.2) is 40.9 Å². The number of hydrogen-bond acceptors (Lipinski definition) is 4. The SMILES string of the molecule is CCCC(C)(NCc1cc(-c2ccccc2)on1)C(=O)O. The third-order valence-corrected chi connectivity index (χ3v) is 3.50. The molecule has 1 aromatic carbocycles. The molecule has 0 aliphatic rings. The number of carboxylic acids is 1. The fourth-order valence-corrected chi connectivity index (χ4v) is 2.19. The minimum atomic E-state index is -0.944. The van der Waals surface area contributed by atoms with Crippen molar-refractivity contribution in [2.24, 2.45) is 0 Å². The van der Waals surface area contributed by atoms with E-state index in [4.69, 9.17) is 4.52 Å². The van der Waals surface area contributed by atoms with Gasteiger partial charge in [0.15, 0.2) is 5.76 Å². The maximum Gasteiger partial charge on any atom is 0.323 e. The normalized spacial score (nSPS) is 13.8. The van der Waals surface area contributed by atoms with Crippen molar-refractivity contribution in [2.45, 2.75) is 38.8 Å². The van der Waals surface area contributed by atoms with E-state index >= 15 is 0 Å². The molecule has 1 unspecified atom stereocenters. The lowest BCUT2D eigenvalue weighted by atomic mass is 9.96. The van der Waals surface area contributed by atoms with E-state index in [9.17, 15) is 9.90 Å². The van der Waals surface area contributed by atoms with Crippen LogP contribution in [0, 0.1) is 0 Å². The molecule has 0 bridgehead atoms. The molecule has 1 atom stereocenters. The summed E-state index contributed by atoms with van der Waals surface area (Å²) in [6.45, 7) is 4.02. The smallest absolute Gasteiger partial charge is 0.323 e. The highest BCUT2D eigenvalue weighted by Crippen LogP contribution is 2.20. The van der Waals surface area contributed by atoms with E-state index in [0.717, 1.165) is 12.0 Å². The van der Waals surface area contributed by atoms with Crippen molar-refractivity contribution < 1.29 is 14.4 Å². The molecule has 2 rings (SSSR count). The number of aromatic nitrogens is 1. The van der Waals surface area contributed by atoms with Gasteiger partial charge in [-0.05, 0) is 13.3 Å². The van der Waals surface area contributed by atoms with Crippen molar-refractivity contribution in [3.05, 3.63) is 42.1 Å². The average Bonchev–Trinajstić information content (AvgIpc) is 2.95. The molecule has 0 fully saturated rings. The van der Waals surface area contributed by atoms with Crippen LogP contribution in [-0.2, 0) is 11.3 Å². The lowest BCUT2D eigenvalue weighted by Crippen LogP contribution is -2.48. The van der Waals surface area contributed by atoms with Gasteiger partial charge in [-0.15, -0.1) is 0 Å². The number of carbonyl (C=O) groups is 1. The van der Waals surface area contributed by atoms with Crippen molar-refractivity contribution in [3.8, 4) is 11.3 Å². The molecule has 1 aromatic heterocycles. The van der Waals surface area contributed by atoms with Crippen molar-refractivity contribution in [1.29, 1.82) is 0 Å². The van der Waals surface area contributed by atoms with E-state index < -0.39 is 11.5 Å². The highest BCUT2D eigenvalue weighted by molar-refractivity contribution is 5.78. The van der Waals surface area contributed by atoms with Crippen LogP contribution < -0.4 is 5.32 Å². The molecule has 0 aliphatic carbocycles. The quantitative estimate of drug-likeness (QED) is 0.819. The highest BCUT2D eigenvalue weighted by Gasteiger charge is 2.31. The lowest BCUT2D eigenvalue weighted by Gasteiger charge is -2.25. The van der Waals surface area contributed by atoms with Gasteiger partial charge in [-0.1, -0.05) is 48.8 Å². The van der Waals surface area contributed by atoms with Crippen LogP contribution in [0.1, 0.15) is 32.4 Å². The second kappa shape index (κ2) is 6.54. The molecule has 0 spiro atoms. The van der Waals surface area contributed by atoms with Gasteiger partial charge in [-0.25, -0.2) is 0 Å². The lowest BCUT2D eigenvalue weighted by molar-refractivity contribution is -0.144. The predicted molar refractivity (Wildman–Crippen MR) is 79.7 cm³/mol. The van der Waals surface area contributed by atoms with E-state index in [2.05, 4.69) is 10.5 Å². The zero-order valence-corrected chi connectivity index (χ0v) is 12.3. The first-order chi connectivity index (χ1) is 10.0. The van der Waals surface area contributed by atoms with Crippen LogP contribution in [0.4, 0.5) is 0 Å². The molecule has 0 saturated heterocycles. The van der Waals surface area contributed by atoms with E-state index in [1.807, 2.05) is 43.3 Å². The monoisotopic (exact) mass is 288 g/mol. The minimum absolute atomic E-state index is 0.360. The Balaban J connectivity index is 2.04. The van der Waals surface area contributed by atoms with E-state index in [1.165, 1.54) is 0 Å². The van der Waals surface area contributed by atoms with E-state index in [1.54, 1.807) is 6.92 Å². The molecule has 21 heavy (non-hydrogen) atoms. The number of hydrogen-bond donors (Lipinski definition) is 2. The summed E-state index contributed by atoms with van der Waals surface area (Å²) in [4.78, 5) is 11.4. The van der Waals surface area contributed by atoms with Crippen molar-refractivity contribution in [2.75, 3.05) is 0 Å². The van der Waals surface area contributed by atoms with Crippen LogP contribution in [0.3, 0.4) is 0 Å². The van der Waals surface area contributed by atoms with Gasteiger partial charge in [0.1, 0.15) is 5.54 Å². The van der Waals surface area contributed by atoms with Gasteiger partial charge in [-0.3, -0.25) is 10.1 Å². The Labute approximate surface area is 124 Å². The van der Waals surface area contributed by atoms with Gasteiger partial charge in [-0.2, -0.15) is 0 Å². The fraction of sp³-hybridized carbons (Fsp3) is 0.375.